The average molecular weight is 343 g/mol. The SMILES string of the molecule is C=CCO[C@@H](C)C(=O)N1CCC[C@@H]1c1ncc(-c2ccccc2F)[nH]1. The third-order valence-corrected chi connectivity index (χ3v) is 4.42. The number of carbonyl (C=O) groups is 1. The van der Waals surface area contributed by atoms with Crippen molar-refractivity contribution in [1.82, 2.24) is 14.9 Å². The zero-order chi connectivity index (χ0) is 17.8. The van der Waals surface area contributed by atoms with Crippen molar-refractivity contribution in [3.05, 3.63) is 54.8 Å². The number of imidazole rings is 1. The summed E-state index contributed by atoms with van der Waals surface area (Å²) in [6.07, 6.45) is 4.44. The summed E-state index contributed by atoms with van der Waals surface area (Å²) in [6.45, 7) is 6.34. The predicted molar refractivity (Wildman–Crippen MR) is 93.3 cm³/mol. The molecule has 6 heteroatoms. The molecule has 1 N–H and O–H groups in total. The van der Waals surface area contributed by atoms with Crippen LogP contribution in [0.5, 0.6) is 0 Å². The summed E-state index contributed by atoms with van der Waals surface area (Å²) in [5.74, 6) is 0.316. The maximum Gasteiger partial charge on any atom is 0.252 e. The van der Waals surface area contributed by atoms with Gasteiger partial charge in [0.1, 0.15) is 17.7 Å². The molecule has 2 heterocycles. The average Bonchev–Trinajstić information content (AvgIpc) is 3.28. The Kier molecular flexibility index (Phi) is 5.28. The van der Waals surface area contributed by atoms with Crippen molar-refractivity contribution < 1.29 is 13.9 Å². The third-order valence-electron chi connectivity index (χ3n) is 4.42. The molecule has 1 fully saturated rings. The van der Waals surface area contributed by atoms with Crippen molar-refractivity contribution >= 4 is 5.91 Å². The Morgan fingerprint density at radius 3 is 3.12 bits per heavy atom. The molecule has 1 aromatic heterocycles. The summed E-state index contributed by atoms with van der Waals surface area (Å²) in [5, 5.41) is 0. The van der Waals surface area contributed by atoms with E-state index in [-0.39, 0.29) is 17.8 Å². The zero-order valence-electron chi connectivity index (χ0n) is 14.2. The van der Waals surface area contributed by atoms with Gasteiger partial charge in [-0.15, -0.1) is 6.58 Å². The largest absolute Gasteiger partial charge is 0.365 e. The number of rotatable bonds is 6. The van der Waals surface area contributed by atoms with Gasteiger partial charge >= 0.3 is 0 Å². The second-order valence-corrected chi connectivity index (χ2v) is 6.12. The first-order valence-electron chi connectivity index (χ1n) is 8.44. The Balaban J connectivity index is 1.78. The lowest BCUT2D eigenvalue weighted by Crippen LogP contribution is -2.39. The summed E-state index contributed by atoms with van der Waals surface area (Å²) in [4.78, 5) is 22.0. The molecule has 0 saturated carbocycles. The number of nitrogens with zero attached hydrogens (tertiary/aromatic N) is 2. The van der Waals surface area contributed by atoms with E-state index in [0.717, 1.165) is 12.8 Å². The highest BCUT2D eigenvalue weighted by molar-refractivity contribution is 5.81. The summed E-state index contributed by atoms with van der Waals surface area (Å²) < 4.78 is 19.4. The monoisotopic (exact) mass is 343 g/mol. The van der Waals surface area contributed by atoms with Gasteiger partial charge in [0.2, 0.25) is 0 Å². The highest BCUT2D eigenvalue weighted by Gasteiger charge is 2.34. The van der Waals surface area contributed by atoms with Crippen molar-refractivity contribution in [2.24, 2.45) is 0 Å². The van der Waals surface area contributed by atoms with Crippen molar-refractivity contribution in [2.45, 2.75) is 31.9 Å². The Morgan fingerprint density at radius 2 is 2.36 bits per heavy atom. The van der Waals surface area contributed by atoms with Gasteiger partial charge in [-0.3, -0.25) is 4.79 Å². The number of hydrogen-bond acceptors (Lipinski definition) is 3. The van der Waals surface area contributed by atoms with Gasteiger partial charge < -0.3 is 14.6 Å². The highest BCUT2D eigenvalue weighted by Crippen LogP contribution is 2.32. The van der Waals surface area contributed by atoms with Crippen molar-refractivity contribution in [2.75, 3.05) is 13.2 Å². The maximum atomic E-state index is 14.0. The quantitative estimate of drug-likeness (QED) is 0.817. The Labute approximate surface area is 146 Å². The van der Waals surface area contributed by atoms with Crippen LogP contribution in [-0.4, -0.2) is 40.0 Å². The van der Waals surface area contributed by atoms with Crippen LogP contribution in [0.3, 0.4) is 0 Å². The normalized spacial score (nSPS) is 18.3. The van der Waals surface area contributed by atoms with E-state index in [2.05, 4.69) is 16.5 Å². The molecule has 1 saturated heterocycles. The van der Waals surface area contributed by atoms with Gasteiger partial charge in [0, 0.05) is 12.1 Å². The predicted octanol–water partition coefficient (Wildman–Crippen LogP) is 3.47. The number of aromatic amines is 1. The fourth-order valence-corrected chi connectivity index (χ4v) is 3.15. The minimum Gasteiger partial charge on any atom is -0.365 e. The van der Waals surface area contributed by atoms with Gasteiger partial charge in [-0.1, -0.05) is 18.2 Å². The second-order valence-electron chi connectivity index (χ2n) is 6.12. The molecular formula is C19H22FN3O2. The number of likely N-dealkylation sites (tertiary alicyclic amines) is 1. The number of hydrogen-bond donors (Lipinski definition) is 1. The molecule has 2 aromatic rings. The van der Waals surface area contributed by atoms with Gasteiger partial charge in [-0.05, 0) is 31.9 Å². The lowest BCUT2D eigenvalue weighted by atomic mass is 10.1. The minimum atomic E-state index is -0.528. The van der Waals surface area contributed by atoms with Gasteiger partial charge in [-0.2, -0.15) is 0 Å². The second kappa shape index (κ2) is 7.61. The van der Waals surface area contributed by atoms with Crippen LogP contribution in [0, 0.1) is 5.82 Å². The summed E-state index contributed by atoms with van der Waals surface area (Å²) in [5.41, 5.74) is 1.09. The molecule has 1 aliphatic heterocycles. The van der Waals surface area contributed by atoms with Crippen LogP contribution in [0.4, 0.5) is 4.39 Å². The summed E-state index contributed by atoms with van der Waals surface area (Å²) in [6, 6.07) is 6.42. The topological polar surface area (TPSA) is 58.2 Å². The van der Waals surface area contributed by atoms with Gasteiger partial charge in [0.15, 0.2) is 0 Å². The molecule has 0 unspecified atom stereocenters. The van der Waals surface area contributed by atoms with Crippen LogP contribution in [0.1, 0.15) is 31.6 Å². The molecule has 1 aliphatic rings. The number of nitrogens with one attached hydrogen (secondary N) is 1. The number of H-pyrrole nitrogens is 1. The maximum absolute atomic E-state index is 14.0. The first kappa shape index (κ1) is 17.4. The van der Waals surface area contributed by atoms with Crippen LogP contribution < -0.4 is 0 Å². The summed E-state index contributed by atoms with van der Waals surface area (Å²) in [7, 11) is 0. The number of ether oxygens (including phenoxy) is 1. The molecule has 0 spiro atoms. The van der Waals surface area contributed by atoms with Crippen molar-refractivity contribution in [3.63, 3.8) is 0 Å². The third kappa shape index (κ3) is 3.64. The molecular weight excluding hydrogens is 321 g/mol. The molecule has 3 rings (SSSR count). The van der Waals surface area contributed by atoms with Gasteiger partial charge in [0.25, 0.3) is 5.91 Å². The Morgan fingerprint density at radius 1 is 1.56 bits per heavy atom. The fraction of sp³-hybridized carbons (Fsp3) is 0.368. The first-order chi connectivity index (χ1) is 12.1. The van der Waals surface area contributed by atoms with E-state index in [9.17, 15) is 9.18 Å². The standard InChI is InChI=1S/C19H22FN3O2/c1-3-11-25-13(2)19(24)23-10-6-9-17(23)18-21-12-16(22-18)14-7-4-5-8-15(14)20/h3-5,7-8,12-13,17H,1,6,9-11H2,2H3,(H,21,22)/t13-,17+/m0/s1. The zero-order valence-corrected chi connectivity index (χ0v) is 14.2. The molecule has 0 aliphatic carbocycles. The van der Waals surface area contributed by atoms with Crippen LogP contribution in [0.2, 0.25) is 0 Å². The van der Waals surface area contributed by atoms with E-state index in [4.69, 9.17) is 4.74 Å². The van der Waals surface area contributed by atoms with Gasteiger partial charge in [-0.25, -0.2) is 9.37 Å². The van der Waals surface area contributed by atoms with E-state index < -0.39 is 6.10 Å². The molecule has 0 bridgehead atoms. The summed E-state index contributed by atoms with van der Waals surface area (Å²) >= 11 is 0. The molecule has 2 atom stereocenters. The number of amides is 1. The lowest BCUT2D eigenvalue weighted by Gasteiger charge is -2.26. The number of carbonyl (C=O) groups excluding carboxylic acids is 1. The number of benzene rings is 1. The smallest absolute Gasteiger partial charge is 0.252 e. The van der Waals surface area contributed by atoms with E-state index in [1.807, 2.05) is 0 Å². The highest BCUT2D eigenvalue weighted by atomic mass is 19.1. The van der Waals surface area contributed by atoms with Crippen LogP contribution in [-0.2, 0) is 9.53 Å². The number of aromatic nitrogens is 2. The Hall–Kier alpha value is -2.47. The molecule has 132 valence electrons. The van der Waals surface area contributed by atoms with Crippen molar-refractivity contribution in [3.8, 4) is 11.3 Å². The molecule has 1 aromatic carbocycles. The molecule has 1 amide bonds. The molecule has 25 heavy (non-hydrogen) atoms. The lowest BCUT2D eigenvalue weighted by molar-refractivity contribution is -0.143. The van der Waals surface area contributed by atoms with Crippen LogP contribution in [0.25, 0.3) is 11.3 Å². The van der Waals surface area contributed by atoms with Crippen LogP contribution in [0.15, 0.2) is 43.1 Å². The fourth-order valence-electron chi connectivity index (χ4n) is 3.15. The van der Waals surface area contributed by atoms with E-state index in [1.165, 1.54) is 6.07 Å². The first-order valence-corrected chi connectivity index (χ1v) is 8.44. The molecule has 5 nitrogen and oxygen atoms in total. The van der Waals surface area contributed by atoms with E-state index >= 15 is 0 Å². The minimum absolute atomic E-state index is 0.0619. The van der Waals surface area contributed by atoms with E-state index in [0.29, 0.717) is 30.2 Å². The molecule has 0 radical (unpaired) electrons. The Bertz CT molecular complexity index is 759. The van der Waals surface area contributed by atoms with E-state index in [1.54, 1.807) is 42.3 Å². The number of halogens is 1. The van der Waals surface area contributed by atoms with Crippen molar-refractivity contribution in [1.29, 1.82) is 0 Å². The van der Waals surface area contributed by atoms with Crippen LogP contribution >= 0.6 is 0 Å². The van der Waals surface area contributed by atoms with Gasteiger partial charge in [0.05, 0.1) is 24.5 Å².